The molecule has 3 aliphatic carbocycles. The van der Waals surface area contributed by atoms with Gasteiger partial charge in [-0.1, -0.05) is 86.4 Å². The highest BCUT2D eigenvalue weighted by Crippen LogP contribution is 2.56. The second-order valence-corrected chi connectivity index (χ2v) is 21.0. The lowest BCUT2D eigenvalue weighted by molar-refractivity contribution is -0.318. The van der Waals surface area contributed by atoms with Gasteiger partial charge >= 0.3 is 11.9 Å². The predicted molar refractivity (Wildman–Crippen MR) is 278 cm³/mol. The molecule has 4 aliphatic rings. The van der Waals surface area contributed by atoms with Gasteiger partial charge in [-0.2, -0.15) is 0 Å². The largest absolute Gasteiger partial charge is 0.465 e. The van der Waals surface area contributed by atoms with E-state index in [1.54, 1.807) is 12.0 Å². The maximum Gasteiger partial charge on any atom is 0.303 e. The number of halogens is 1. The molecule has 0 spiro atoms. The second kappa shape index (κ2) is 26.4. The van der Waals surface area contributed by atoms with Gasteiger partial charge < -0.3 is 58.5 Å². The molecular weight excluding hydrogens is 970 g/mol. The van der Waals surface area contributed by atoms with Gasteiger partial charge in [0.15, 0.2) is 12.4 Å². The zero-order chi connectivity index (χ0) is 53.1. The first-order valence-electron chi connectivity index (χ1n) is 26.2. The number of amides is 1. The van der Waals surface area contributed by atoms with Gasteiger partial charge in [0.1, 0.15) is 41.8 Å². The van der Waals surface area contributed by atoms with Crippen LogP contribution in [0.2, 0.25) is 0 Å². The number of hydrogen-bond donors (Lipinski definition) is 4. The summed E-state index contributed by atoms with van der Waals surface area (Å²) in [5.74, 6) is -0.753. The molecule has 404 valence electrons. The standard InChI is InChI=1S/C58H76ClNO14/c1-35(32-70-37(3)61)46-28-49(63)58(5)29-47-41(33-68-6)19-26-45(47)36(2)52(65)55(51(46)58)74-57-54(67)56(71-38(4)62)53(66)48(73-57)34-69-27-13-8-7-10-14-39-17-22-43(23-18-39)72-44-24-20-42(21-25-44)60(50(64)30-59)31-40-15-11-9-12-16-40/h9,11-12,15-18,20-25,29,35-36,41,45,48-49,52-57,63,65-67H,7-8,10,13-14,19,26-28,30-34H2,1-6H3/b47-29-/t35-,36-,41-,45+,48?,49+,52-,53?,54?,55-,56?,57?,58+/m1/s1. The van der Waals surface area contributed by atoms with Gasteiger partial charge in [-0.3, -0.25) is 14.4 Å². The molecule has 1 aliphatic heterocycles. The van der Waals surface area contributed by atoms with Crippen LogP contribution in [0.3, 0.4) is 0 Å². The number of fused-ring (bicyclic) bond motifs is 2. The van der Waals surface area contributed by atoms with Crippen LogP contribution < -0.4 is 9.64 Å². The van der Waals surface area contributed by atoms with Gasteiger partial charge in [-0.25, -0.2) is 0 Å². The quantitative estimate of drug-likeness (QED) is 0.0308. The molecule has 16 heteroatoms. The molecule has 1 heterocycles. The number of carbonyl (C=O) groups is 3. The number of unbranched alkanes of at least 4 members (excludes halogenated alkanes) is 3. The molecule has 4 N–H and O–H groups in total. The third-order valence-corrected chi connectivity index (χ3v) is 15.6. The van der Waals surface area contributed by atoms with Crippen molar-refractivity contribution in [3.8, 4) is 11.5 Å². The summed E-state index contributed by atoms with van der Waals surface area (Å²) < 4.78 is 41.8. The highest BCUT2D eigenvalue weighted by atomic mass is 35.5. The number of aliphatic hydroxyl groups is 4. The van der Waals surface area contributed by atoms with Crippen molar-refractivity contribution in [1.82, 2.24) is 0 Å². The number of benzene rings is 3. The minimum absolute atomic E-state index is 0.0391. The Morgan fingerprint density at radius 2 is 1.53 bits per heavy atom. The molecule has 3 aromatic carbocycles. The van der Waals surface area contributed by atoms with Crippen LogP contribution in [0.4, 0.5) is 5.69 Å². The average Bonchev–Trinajstić information content (AvgIpc) is 3.89. The second-order valence-electron chi connectivity index (χ2n) is 20.7. The van der Waals surface area contributed by atoms with Crippen molar-refractivity contribution in [2.75, 3.05) is 44.3 Å². The Morgan fingerprint density at radius 3 is 2.19 bits per heavy atom. The summed E-state index contributed by atoms with van der Waals surface area (Å²) in [6.45, 7) is 9.56. The van der Waals surface area contributed by atoms with Crippen molar-refractivity contribution < 1.29 is 68.0 Å². The van der Waals surface area contributed by atoms with E-state index >= 15 is 0 Å². The van der Waals surface area contributed by atoms with E-state index in [1.807, 2.05) is 87.5 Å². The summed E-state index contributed by atoms with van der Waals surface area (Å²) in [4.78, 5) is 38.6. The number of alkyl halides is 1. The molecule has 2 fully saturated rings. The molecular formula is C58H76ClNO14. The number of carbonyl (C=O) groups excluding carboxylic acids is 3. The Bertz CT molecular complexity index is 2380. The van der Waals surface area contributed by atoms with E-state index in [4.69, 9.17) is 44.8 Å². The number of hydrogen-bond acceptors (Lipinski definition) is 14. The lowest BCUT2D eigenvalue weighted by atomic mass is 9.68. The Kier molecular flexibility index (Phi) is 20.3. The van der Waals surface area contributed by atoms with Crippen molar-refractivity contribution in [1.29, 1.82) is 0 Å². The molecule has 15 nitrogen and oxygen atoms in total. The van der Waals surface area contributed by atoms with Crippen LogP contribution in [-0.2, 0) is 55.8 Å². The van der Waals surface area contributed by atoms with Gasteiger partial charge in [0.2, 0.25) is 5.91 Å². The first-order chi connectivity index (χ1) is 35.5. The molecule has 0 bridgehead atoms. The number of nitrogens with zero attached hydrogens (tertiary/aromatic N) is 1. The van der Waals surface area contributed by atoms with Crippen molar-refractivity contribution in [2.45, 2.75) is 142 Å². The Labute approximate surface area is 440 Å². The van der Waals surface area contributed by atoms with E-state index in [0.29, 0.717) is 36.8 Å². The van der Waals surface area contributed by atoms with Gasteiger partial charge in [-0.15, -0.1) is 11.6 Å². The van der Waals surface area contributed by atoms with Crippen LogP contribution in [0.25, 0.3) is 0 Å². The summed E-state index contributed by atoms with van der Waals surface area (Å²) >= 11 is 5.94. The van der Waals surface area contributed by atoms with Gasteiger partial charge in [-0.05, 0) is 110 Å². The van der Waals surface area contributed by atoms with Crippen molar-refractivity contribution in [2.24, 2.45) is 29.1 Å². The molecule has 7 rings (SSSR count). The Morgan fingerprint density at radius 1 is 0.838 bits per heavy atom. The minimum atomic E-state index is -1.65. The highest BCUT2D eigenvalue weighted by Gasteiger charge is 2.56. The van der Waals surface area contributed by atoms with E-state index in [0.717, 1.165) is 67.3 Å². The first kappa shape index (κ1) is 57.0. The Balaban J connectivity index is 0.935. The summed E-state index contributed by atoms with van der Waals surface area (Å²) in [6, 6.07) is 25.1. The fourth-order valence-electron chi connectivity index (χ4n) is 11.3. The van der Waals surface area contributed by atoms with Crippen molar-refractivity contribution in [3.05, 3.63) is 113 Å². The normalized spacial score (nSPS) is 29.8. The van der Waals surface area contributed by atoms with Crippen molar-refractivity contribution in [3.63, 3.8) is 0 Å². The van der Waals surface area contributed by atoms with Crippen LogP contribution >= 0.6 is 11.6 Å². The molecule has 0 aromatic heterocycles. The lowest BCUT2D eigenvalue weighted by Gasteiger charge is -2.46. The lowest BCUT2D eigenvalue weighted by Crippen LogP contribution is -2.62. The molecule has 1 saturated heterocycles. The summed E-state index contributed by atoms with van der Waals surface area (Å²) in [5.41, 5.74) is 4.39. The fraction of sp³-hybridized carbons (Fsp3) is 0.569. The maximum atomic E-state index is 12.7. The number of aryl methyl sites for hydroxylation is 1. The van der Waals surface area contributed by atoms with E-state index in [2.05, 4.69) is 18.2 Å². The van der Waals surface area contributed by atoms with E-state index < -0.39 is 66.4 Å². The molecule has 3 aromatic rings. The maximum absolute atomic E-state index is 12.7. The Hall–Kier alpha value is -4.68. The minimum Gasteiger partial charge on any atom is -0.465 e. The molecule has 5 unspecified atom stereocenters. The summed E-state index contributed by atoms with van der Waals surface area (Å²) in [5, 5.41) is 47.6. The first-order valence-corrected chi connectivity index (χ1v) is 26.7. The number of anilines is 1. The van der Waals surface area contributed by atoms with Crippen LogP contribution in [0, 0.1) is 29.1 Å². The van der Waals surface area contributed by atoms with Crippen molar-refractivity contribution >= 4 is 35.1 Å². The van der Waals surface area contributed by atoms with Gasteiger partial charge in [0, 0.05) is 50.5 Å². The number of esters is 2. The van der Waals surface area contributed by atoms with Gasteiger partial charge in [0.05, 0.1) is 38.6 Å². The van der Waals surface area contributed by atoms with E-state index in [9.17, 15) is 34.8 Å². The van der Waals surface area contributed by atoms with Crippen LogP contribution in [-0.4, -0.2) is 127 Å². The van der Waals surface area contributed by atoms with E-state index in [-0.39, 0.29) is 55.1 Å². The topological polar surface area (TPSA) is 200 Å². The monoisotopic (exact) mass is 1050 g/mol. The van der Waals surface area contributed by atoms with Crippen LogP contribution in [0.5, 0.6) is 11.5 Å². The predicted octanol–water partition coefficient (Wildman–Crippen LogP) is 8.01. The molecule has 1 amide bonds. The number of rotatable bonds is 23. The smallest absolute Gasteiger partial charge is 0.303 e. The van der Waals surface area contributed by atoms with Crippen LogP contribution in [0.1, 0.15) is 90.7 Å². The molecule has 1 saturated carbocycles. The van der Waals surface area contributed by atoms with E-state index in [1.165, 1.54) is 19.4 Å². The fourth-order valence-corrected chi connectivity index (χ4v) is 11.5. The number of ether oxygens (including phenoxy) is 7. The number of methoxy groups -OCH3 is 1. The van der Waals surface area contributed by atoms with Gasteiger partial charge in [0.25, 0.3) is 0 Å². The highest BCUT2D eigenvalue weighted by molar-refractivity contribution is 6.29. The SMILES string of the molecule is COC[C@H]1CC[C@@H]2/C1=C\[C@]1(C)C(=C([C@H](C)COC(C)=O)C[C@@H]1O)[C@@H](OC1OC(COCCCCCCc3ccc(Oc4ccc(N(Cc5ccccc5)C(=O)CCl)cc4)cc3)C(O)C(OC(C)=O)C1O)[C@H](O)[C@@H]2C. The summed E-state index contributed by atoms with van der Waals surface area (Å²) in [6.07, 6.45) is -1.82. The molecule has 74 heavy (non-hydrogen) atoms. The summed E-state index contributed by atoms with van der Waals surface area (Å²) in [7, 11) is 1.67. The third kappa shape index (κ3) is 13.8. The van der Waals surface area contributed by atoms with Crippen LogP contribution in [0.15, 0.2) is 102 Å². The number of aliphatic hydroxyl groups excluding tert-OH is 4. The zero-order valence-electron chi connectivity index (χ0n) is 43.6. The third-order valence-electron chi connectivity index (χ3n) is 15.4. The molecule has 13 atom stereocenters. The average molecular weight is 1050 g/mol. The zero-order valence-corrected chi connectivity index (χ0v) is 44.4. The molecule has 0 radical (unpaired) electrons.